The number of fused-ring (bicyclic) bond motifs is 1. The summed E-state index contributed by atoms with van der Waals surface area (Å²) >= 11 is 0. The summed E-state index contributed by atoms with van der Waals surface area (Å²) in [6, 6.07) is 4.87. The molecule has 1 heterocycles. The van der Waals surface area contributed by atoms with Gasteiger partial charge in [0.2, 0.25) is 5.91 Å². The van der Waals surface area contributed by atoms with Crippen LogP contribution in [-0.2, 0) is 11.3 Å². The van der Waals surface area contributed by atoms with Gasteiger partial charge in [-0.2, -0.15) is 0 Å². The normalized spacial score (nSPS) is 10.4. The van der Waals surface area contributed by atoms with Gasteiger partial charge in [-0.15, -0.1) is 0 Å². The van der Waals surface area contributed by atoms with E-state index in [1.807, 2.05) is 13.0 Å². The van der Waals surface area contributed by atoms with E-state index >= 15 is 0 Å². The first-order valence-corrected chi connectivity index (χ1v) is 6.48. The van der Waals surface area contributed by atoms with Crippen molar-refractivity contribution < 1.29 is 9.59 Å². The van der Waals surface area contributed by atoms with E-state index in [0.29, 0.717) is 10.9 Å². The molecule has 0 radical (unpaired) electrons. The number of nitrogens with one attached hydrogen (secondary N) is 2. The topological polar surface area (TPSA) is 93.1 Å². The highest BCUT2D eigenvalue weighted by molar-refractivity contribution is 5.94. The number of hydrogen-bond acceptors (Lipinski definition) is 4. The smallest absolute Gasteiger partial charge is 0.321 e. The molecule has 110 valence electrons. The molecule has 2 aromatic rings. The van der Waals surface area contributed by atoms with Crippen LogP contribution in [0.25, 0.3) is 10.9 Å². The monoisotopic (exact) mass is 288 g/mol. The third kappa shape index (κ3) is 3.44. The number of urea groups is 1. The van der Waals surface area contributed by atoms with Crippen LogP contribution in [0, 0.1) is 6.92 Å². The Morgan fingerprint density at radius 3 is 2.81 bits per heavy atom. The number of carbonyl (C=O) groups is 2. The number of carbonyl (C=O) groups excluding carboxylic acids is 2. The number of amides is 3. The largest absolute Gasteiger partial charge is 0.341 e. The SMILES string of the molecule is CNC(=O)NC(=O)CCn1cnc2ccc(C)cc2c1=O. The van der Waals surface area contributed by atoms with Gasteiger partial charge >= 0.3 is 6.03 Å². The summed E-state index contributed by atoms with van der Waals surface area (Å²) in [6.45, 7) is 2.06. The van der Waals surface area contributed by atoms with E-state index in [2.05, 4.69) is 15.6 Å². The van der Waals surface area contributed by atoms with E-state index in [1.54, 1.807) is 12.1 Å². The second-order valence-electron chi connectivity index (χ2n) is 4.64. The summed E-state index contributed by atoms with van der Waals surface area (Å²) in [7, 11) is 1.42. The lowest BCUT2D eigenvalue weighted by Gasteiger charge is -2.07. The van der Waals surface area contributed by atoms with Crippen molar-refractivity contribution >= 4 is 22.8 Å². The number of aromatic nitrogens is 2. The summed E-state index contributed by atoms with van der Waals surface area (Å²) in [5, 5.41) is 4.94. The molecule has 0 saturated heterocycles. The van der Waals surface area contributed by atoms with E-state index < -0.39 is 11.9 Å². The Labute approximate surface area is 121 Å². The maximum absolute atomic E-state index is 12.3. The first-order valence-electron chi connectivity index (χ1n) is 6.48. The Balaban J connectivity index is 2.16. The summed E-state index contributed by atoms with van der Waals surface area (Å²) < 4.78 is 1.37. The number of nitrogens with zero attached hydrogens (tertiary/aromatic N) is 2. The maximum Gasteiger partial charge on any atom is 0.321 e. The van der Waals surface area contributed by atoms with Crippen molar-refractivity contribution in [3.05, 3.63) is 40.4 Å². The van der Waals surface area contributed by atoms with Gasteiger partial charge in [-0.25, -0.2) is 9.78 Å². The van der Waals surface area contributed by atoms with Crippen molar-refractivity contribution in [1.82, 2.24) is 20.2 Å². The fourth-order valence-electron chi connectivity index (χ4n) is 1.91. The van der Waals surface area contributed by atoms with Gasteiger partial charge in [-0.05, 0) is 19.1 Å². The minimum Gasteiger partial charge on any atom is -0.341 e. The highest BCUT2D eigenvalue weighted by Gasteiger charge is 2.08. The Kier molecular flexibility index (Phi) is 4.32. The predicted molar refractivity (Wildman–Crippen MR) is 78.0 cm³/mol. The molecule has 3 amide bonds. The van der Waals surface area contributed by atoms with E-state index in [9.17, 15) is 14.4 Å². The molecule has 0 fully saturated rings. The van der Waals surface area contributed by atoms with Crippen molar-refractivity contribution in [3.63, 3.8) is 0 Å². The van der Waals surface area contributed by atoms with Crippen LogP contribution in [0.3, 0.4) is 0 Å². The lowest BCUT2D eigenvalue weighted by atomic mass is 10.2. The molecule has 2 N–H and O–H groups in total. The van der Waals surface area contributed by atoms with Crippen LogP contribution in [-0.4, -0.2) is 28.5 Å². The van der Waals surface area contributed by atoms with Gasteiger partial charge in [0.1, 0.15) is 0 Å². The van der Waals surface area contributed by atoms with Crippen LogP contribution in [0.5, 0.6) is 0 Å². The van der Waals surface area contributed by atoms with Crippen molar-refractivity contribution in [2.24, 2.45) is 0 Å². The zero-order valence-corrected chi connectivity index (χ0v) is 11.8. The molecule has 7 heteroatoms. The van der Waals surface area contributed by atoms with Gasteiger partial charge in [0, 0.05) is 20.0 Å². The third-order valence-corrected chi connectivity index (χ3v) is 3.04. The summed E-state index contributed by atoms with van der Waals surface area (Å²) in [6.07, 6.45) is 1.43. The van der Waals surface area contributed by atoms with Gasteiger partial charge in [0.15, 0.2) is 0 Å². The van der Waals surface area contributed by atoms with E-state index in [-0.39, 0.29) is 18.5 Å². The molecule has 0 bridgehead atoms. The highest BCUT2D eigenvalue weighted by Crippen LogP contribution is 2.08. The Morgan fingerprint density at radius 2 is 2.10 bits per heavy atom. The first-order chi connectivity index (χ1) is 10.0. The molecule has 0 aliphatic heterocycles. The zero-order chi connectivity index (χ0) is 15.4. The second-order valence-corrected chi connectivity index (χ2v) is 4.64. The van der Waals surface area contributed by atoms with Crippen LogP contribution in [0.1, 0.15) is 12.0 Å². The van der Waals surface area contributed by atoms with E-state index in [4.69, 9.17) is 0 Å². The summed E-state index contributed by atoms with van der Waals surface area (Å²) in [5.41, 5.74) is 1.39. The molecule has 0 atom stereocenters. The van der Waals surface area contributed by atoms with Gasteiger partial charge < -0.3 is 5.32 Å². The van der Waals surface area contributed by atoms with Gasteiger partial charge in [-0.3, -0.25) is 19.5 Å². The molecule has 1 aromatic heterocycles. The molecule has 0 unspecified atom stereocenters. The number of imide groups is 1. The molecule has 21 heavy (non-hydrogen) atoms. The molecule has 1 aromatic carbocycles. The van der Waals surface area contributed by atoms with Gasteiger partial charge in [0.05, 0.1) is 17.2 Å². The lowest BCUT2D eigenvalue weighted by Crippen LogP contribution is -2.38. The average Bonchev–Trinajstić information content (AvgIpc) is 2.47. The molecule has 7 nitrogen and oxygen atoms in total. The Morgan fingerprint density at radius 1 is 1.33 bits per heavy atom. The van der Waals surface area contributed by atoms with Crippen LogP contribution in [0.2, 0.25) is 0 Å². The molecule has 0 aliphatic rings. The highest BCUT2D eigenvalue weighted by atomic mass is 16.2. The molecular formula is C14H16N4O3. The number of benzene rings is 1. The summed E-state index contributed by atoms with van der Waals surface area (Å²) in [5.74, 6) is -0.453. The lowest BCUT2D eigenvalue weighted by molar-refractivity contribution is -0.120. The number of hydrogen-bond donors (Lipinski definition) is 2. The van der Waals surface area contributed by atoms with Crippen LogP contribution < -0.4 is 16.2 Å². The number of aryl methyl sites for hydroxylation is 2. The van der Waals surface area contributed by atoms with Crippen LogP contribution in [0.15, 0.2) is 29.3 Å². The fraction of sp³-hybridized carbons (Fsp3) is 0.286. The zero-order valence-electron chi connectivity index (χ0n) is 11.8. The fourth-order valence-corrected chi connectivity index (χ4v) is 1.91. The summed E-state index contributed by atoms with van der Waals surface area (Å²) in [4.78, 5) is 39.0. The molecular weight excluding hydrogens is 272 g/mol. The quantitative estimate of drug-likeness (QED) is 0.862. The van der Waals surface area contributed by atoms with Gasteiger partial charge in [0.25, 0.3) is 5.56 Å². The molecule has 0 aliphatic carbocycles. The molecule has 0 spiro atoms. The van der Waals surface area contributed by atoms with Crippen LogP contribution in [0.4, 0.5) is 4.79 Å². The van der Waals surface area contributed by atoms with Crippen LogP contribution >= 0.6 is 0 Å². The second kappa shape index (κ2) is 6.17. The van der Waals surface area contributed by atoms with E-state index in [1.165, 1.54) is 17.9 Å². The van der Waals surface area contributed by atoms with Crippen molar-refractivity contribution in [2.75, 3.05) is 7.05 Å². The Bertz CT molecular complexity index is 751. The van der Waals surface area contributed by atoms with Crippen molar-refractivity contribution in [2.45, 2.75) is 19.9 Å². The van der Waals surface area contributed by atoms with E-state index in [0.717, 1.165) is 5.56 Å². The molecule has 0 saturated carbocycles. The average molecular weight is 288 g/mol. The molecule has 2 rings (SSSR count). The standard InChI is InChI=1S/C14H16N4O3/c1-9-3-4-11-10(7-9)13(20)18(8-16-11)6-5-12(19)17-14(21)15-2/h3-4,7-8H,5-6H2,1-2H3,(H2,15,17,19,21). The maximum atomic E-state index is 12.3. The van der Waals surface area contributed by atoms with Crippen molar-refractivity contribution in [1.29, 1.82) is 0 Å². The minimum absolute atomic E-state index is 0.0202. The van der Waals surface area contributed by atoms with Gasteiger partial charge in [-0.1, -0.05) is 11.6 Å². The predicted octanol–water partition coefficient (Wildman–Crippen LogP) is 0.551. The first kappa shape index (κ1) is 14.7. The minimum atomic E-state index is -0.570. The van der Waals surface area contributed by atoms with Crippen molar-refractivity contribution in [3.8, 4) is 0 Å². The Hall–Kier alpha value is -2.70. The third-order valence-electron chi connectivity index (χ3n) is 3.04. The number of rotatable bonds is 3.